The molecule has 130 valence electrons. The Kier molecular flexibility index (Phi) is 3.75. The van der Waals surface area contributed by atoms with Gasteiger partial charge in [0.1, 0.15) is 5.82 Å². The monoisotopic (exact) mass is 332 g/mol. The maximum atomic E-state index is 5.05. The summed E-state index contributed by atoms with van der Waals surface area (Å²) in [6.45, 7) is 13.4. The molecule has 0 radical (unpaired) electrons. The van der Waals surface area contributed by atoms with Crippen molar-refractivity contribution >= 4 is 5.57 Å². The molecule has 1 heterocycles. The van der Waals surface area contributed by atoms with Gasteiger partial charge in [0.2, 0.25) is 0 Å². The van der Waals surface area contributed by atoms with Crippen LogP contribution in [0, 0.1) is 24.2 Å². The number of hydrogen-bond acceptors (Lipinski definition) is 1. The molecular formula is C23H28N2. The zero-order valence-corrected chi connectivity index (χ0v) is 15.8. The molecule has 2 heteroatoms. The summed E-state index contributed by atoms with van der Waals surface area (Å²) in [4.78, 5) is 8.67. The van der Waals surface area contributed by atoms with E-state index in [2.05, 4.69) is 69.6 Å². The van der Waals surface area contributed by atoms with E-state index in [9.17, 15) is 0 Å². The van der Waals surface area contributed by atoms with Gasteiger partial charge in [0.25, 0.3) is 0 Å². The zero-order valence-electron chi connectivity index (χ0n) is 15.8. The molecule has 0 bridgehead atoms. The number of hydrogen-bond donors (Lipinski definition) is 1. The molecule has 1 N–H and O–H groups in total. The van der Waals surface area contributed by atoms with Crippen molar-refractivity contribution in [3.8, 4) is 11.4 Å². The van der Waals surface area contributed by atoms with E-state index in [-0.39, 0.29) is 5.41 Å². The molecule has 4 rings (SSSR count). The lowest BCUT2D eigenvalue weighted by atomic mass is 9.58. The summed E-state index contributed by atoms with van der Waals surface area (Å²) in [5, 5.41) is 0. The van der Waals surface area contributed by atoms with Crippen LogP contribution in [-0.4, -0.2) is 9.97 Å². The highest BCUT2D eigenvalue weighted by Crippen LogP contribution is 2.55. The van der Waals surface area contributed by atoms with E-state index >= 15 is 0 Å². The van der Waals surface area contributed by atoms with Crippen molar-refractivity contribution in [1.29, 1.82) is 0 Å². The third-order valence-electron chi connectivity index (χ3n) is 6.51. The van der Waals surface area contributed by atoms with Crippen molar-refractivity contribution in [3.63, 3.8) is 0 Å². The number of H-pyrrole nitrogens is 1. The summed E-state index contributed by atoms with van der Waals surface area (Å²) in [6.07, 6.45) is 5.81. The standard InChI is InChI=1S/C23H28N2/c1-14(2)18-9-10-19-21-20(12-16(4)23(19,5)13-18)24-22(25-21)17-8-6-7-15(3)11-17/h6-8,10-11,16,18H,1,9,12-13H2,2-5H3,(H,24,25)/t16-,18-,23+/m1/s1. The lowest BCUT2D eigenvalue weighted by molar-refractivity contribution is 0.216. The lowest BCUT2D eigenvalue weighted by Crippen LogP contribution is -2.37. The Labute approximate surface area is 151 Å². The Morgan fingerprint density at radius 1 is 1.36 bits per heavy atom. The fourth-order valence-corrected chi connectivity index (χ4v) is 4.65. The molecule has 2 aliphatic rings. The van der Waals surface area contributed by atoms with Crippen molar-refractivity contribution in [2.45, 2.75) is 47.0 Å². The first-order chi connectivity index (χ1) is 11.9. The summed E-state index contributed by atoms with van der Waals surface area (Å²) in [5.41, 5.74) is 7.93. The van der Waals surface area contributed by atoms with Crippen molar-refractivity contribution in [1.82, 2.24) is 9.97 Å². The Balaban J connectivity index is 1.79. The van der Waals surface area contributed by atoms with Crippen LogP contribution >= 0.6 is 0 Å². The average molecular weight is 332 g/mol. The van der Waals surface area contributed by atoms with Gasteiger partial charge in [-0.3, -0.25) is 0 Å². The van der Waals surface area contributed by atoms with Crippen LogP contribution in [0.5, 0.6) is 0 Å². The first-order valence-corrected chi connectivity index (χ1v) is 9.41. The van der Waals surface area contributed by atoms with E-state index in [1.165, 1.54) is 40.1 Å². The molecule has 0 unspecified atom stereocenters. The second-order valence-corrected chi connectivity index (χ2v) is 8.41. The molecule has 2 aliphatic carbocycles. The molecule has 2 nitrogen and oxygen atoms in total. The number of rotatable bonds is 2. The van der Waals surface area contributed by atoms with Crippen LogP contribution < -0.4 is 0 Å². The molecular weight excluding hydrogens is 304 g/mol. The summed E-state index contributed by atoms with van der Waals surface area (Å²) < 4.78 is 0. The molecule has 2 aromatic rings. The Bertz CT molecular complexity index is 870. The van der Waals surface area contributed by atoms with E-state index < -0.39 is 0 Å². The summed E-state index contributed by atoms with van der Waals surface area (Å²) >= 11 is 0. The predicted molar refractivity (Wildman–Crippen MR) is 105 cm³/mol. The SMILES string of the molecule is C=C(C)[C@@H]1CC=C2c3nc(-c4cccc(C)c4)[nH]c3C[C@@H](C)[C@]2(C)C1. The molecule has 0 spiro atoms. The van der Waals surface area contributed by atoms with Crippen molar-refractivity contribution in [2.24, 2.45) is 17.3 Å². The number of allylic oxidation sites excluding steroid dienone is 3. The van der Waals surface area contributed by atoms with Crippen LogP contribution in [0.15, 0.2) is 42.5 Å². The number of aromatic nitrogens is 2. The first kappa shape index (κ1) is 16.4. The molecule has 1 aromatic heterocycles. The molecule has 0 fully saturated rings. The molecule has 0 saturated carbocycles. The quantitative estimate of drug-likeness (QED) is 0.676. The summed E-state index contributed by atoms with van der Waals surface area (Å²) in [5.74, 6) is 2.22. The number of aryl methyl sites for hydroxylation is 1. The lowest BCUT2D eigenvalue weighted by Gasteiger charge is -2.46. The van der Waals surface area contributed by atoms with E-state index in [0.717, 1.165) is 18.7 Å². The van der Waals surface area contributed by atoms with Gasteiger partial charge in [-0.2, -0.15) is 0 Å². The minimum Gasteiger partial charge on any atom is -0.341 e. The summed E-state index contributed by atoms with van der Waals surface area (Å²) in [6, 6.07) is 8.59. The van der Waals surface area contributed by atoms with Crippen LogP contribution in [0.2, 0.25) is 0 Å². The Hall–Kier alpha value is -2.09. The highest BCUT2D eigenvalue weighted by molar-refractivity contribution is 5.74. The van der Waals surface area contributed by atoms with E-state index in [0.29, 0.717) is 11.8 Å². The minimum absolute atomic E-state index is 0.202. The van der Waals surface area contributed by atoms with Crippen LogP contribution in [0.3, 0.4) is 0 Å². The minimum atomic E-state index is 0.202. The number of nitrogens with zero attached hydrogens (tertiary/aromatic N) is 1. The molecule has 25 heavy (non-hydrogen) atoms. The van der Waals surface area contributed by atoms with Gasteiger partial charge in [0.15, 0.2) is 0 Å². The van der Waals surface area contributed by atoms with E-state index in [1.807, 2.05) is 0 Å². The van der Waals surface area contributed by atoms with Crippen LogP contribution in [-0.2, 0) is 6.42 Å². The molecule has 0 aliphatic heterocycles. The fourth-order valence-electron chi connectivity index (χ4n) is 4.65. The molecule has 0 saturated heterocycles. The Morgan fingerprint density at radius 2 is 2.16 bits per heavy atom. The topological polar surface area (TPSA) is 28.7 Å². The highest BCUT2D eigenvalue weighted by atomic mass is 14.9. The molecule has 0 amide bonds. The largest absolute Gasteiger partial charge is 0.341 e. The first-order valence-electron chi connectivity index (χ1n) is 9.41. The normalized spacial score (nSPS) is 28.1. The number of imidazole rings is 1. The van der Waals surface area contributed by atoms with Gasteiger partial charge >= 0.3 is 0 Å². The third-order valence-corrected chi connectivity index (χ3v) is 6.51. The van der Waals surface area contributed by atoms with Crippen LogP contribution in [0.25, 0.3) is 17.0 Å². The summed E-state index contributed by atoms with van der Waals surface area (Å²) in [7, 11) is 0. The van der Waals surface area contributed by atoms with Gasteiger partial charge in [-0.1, -0.05) is 55.8 Å². The third kappa shape index (κ3) is 2.59. The van der Waals surface area contributed by atoms with E-state index in [4.69, 9.17) is 4.98 Å². The van der Waals surface area contributed by atoms with E-state index in [1.54, 1.807) is 0 Å². The van der Waals surface area contributed by atoms with Crippen LogP contribution in [0.1, 0.15) is 50.6 Å². The predicted octanol–water partition coefficient (Wildman–Crippen LogP) is 5.95. The van der Waals surface area contributed by atoms with Gasteiger partial charge in [-0.05, 0) is 62.0 Å². The fraction of sp³-hybridized carbons (Fsp3) is 0.435. The van der Waals surface area contributed by atoms with Gasteiger partial charge < -0.3 is 4.98 Å². The zero-order chi connectivity index (χ0) is 17.8. The van der Waals surface area contributed by atoms with Gasteiger partial charge in [0.05, 0.1) is 5.69 Å². The van der Waals surface area contributed by atoms with Crippen molar-refractivity contribution in [2.75, 3.05) is 0 Å². The highest BCUT2D eigenvalue weighted by Gasteiger charge is 2.45. The van der Waals surface area contributed by atoms with Gasteiger partial charge in [-0.15, -0.1) is 0 Å². The van der Waals surface area contributed by atoms with Crippen molar-refractivity contribution in [3.05, 3.63) is 59.4 Å². The number of fused-ring (bicyclic) bond motifs is 3. The van der Waals surface area contributed by atoms with Gasteiger partial charge in [0, 0.05) is 11.3 Å². The second kappa shape index (κ2) is 5.72. The average Bonchev–Trinajstić information content (AvgIpc) is 2.98. The second-order valence-electron chi connectivity index (χ2n) is 8.41. The number of nitrogens with one attached hydrogen (secondary N) is 1. The maximum absolute atomic E-state index is 5.05. The smallest absolute Gasteiger partial charge is 0.138 e. The van der Waals surface area contributed by atoms with Crippen LogP contribution in [0.4, 0.5) is 0 Å². The molecule has 1 aromatic carbocycles. The number of aromatic amines is 1. The maximum Gasteiger partial charge on any atom is 0.138 e. The Morgan fingerprint density at radius 3 is 2.88 bits per heavy atom. The van der Waals surface area contributed by atoms with Crippen molar-refractivity contribution < 1.29 is 0 Å². The molecule has 3 atom stereocenters. The van der Waals surface area contributed by atoms with Gasteiger partial charge in [-0.25, -0.2) is 4.98 Å². The number of benzene rings is 1.